The monoisotopic (exact) mass is 105 g/mol. The van der Waals surface area contributed by atoms with Crippen LogP contribution in [-0.2, 0) is 9.53 Å². The van der Waals surface area contributed by atoms with E-state index < -0.39 is 11.8 Å². The lowest BCUT2D eigenvalue weighted by molar-refractivity contribution is -0.137. The third-order valence-electron chi connectivity index (χ3n) is 0.380. The van der Waals surface area contributed by atoms with Crippen molar-refractivity contribution >= 4 is 5.97 Å². The molecule has 0 aromatic rings. The topological polar surface area (TPSA) is 26.3 Å². The molecule has 0 aliphatic carbocycles. The van der Waals surface area contributed by atoms with Crippen LogP contribution in [0.3, 0.4) is 0 Å². The van der Waals surface area contributed by atoms with Crippen LogP contribution in [0.1, 0.15) is 1.37 Å². The highest BCUT2D eigenvalue weighted by Crippen LogP contribution is 1.91. The average Bonchev–Trinajstić information content (AvgIpc) is 1.84. The number of halogens is 1. The predicted octanol–water partition coefficient (Wildman–Crippen LogP) is 0.643. The molecule has 7 heavy (non-hydrogen) atoms. The molecule has 0 heterocycles. The molecule has 0 radical (unpaired) electrons. The molecule has 0 N–H and O–H groups in total. The molecule has 0 saturated heterocycles. The molecule has 2 nitrogen and oxygen atoms in total. The van der Waals surface area contributed by atoms with Gasteiger partial charge in [0.05, 0.1) is 8.48 Å². The summed E-state index contributed by atoms with van der Waals surface area (Å²) in [7, 11) is 1.05. The second kappa shape index (κ2) is 2.34. The summed E-state index contributed by atoms with van der Waals surface area (Å²) in [6.45, 7) is 0.297. The van der Waals surface area contributed by atoms with Gasteiger partial charge in [-0.05, 0) is 0 Å². The van der Waals surface area contributed by atoms with E-state index in [4.69, 9.17) is 1.37 Å². The summed E-state index contributed by atoms with van der Waals surface area (Å²) in [6, 6.07) is 0. The van der Waals surface area contributed by atoms with Gasteiger partial charge in [0, 0.05) is 0 Å². The molecule has 3 heteroatoms. The Hall–Kier alpha value is -0.860. The third-order valence-corrected chi connectivity index (χ3v) is 0.380. The fourth-order valence-electron chi connectivity index (χ4n) is 0.0975. The minimum atomic E-state index is -1.19. The van der Waals surface area contributed by atoms with Gasteiger partial charge >= 0.3 is 5.97 Å². The highest BCUT2D eigenvalue weighted by molar-refractivity contribution is 5.84. The van der Waals surface area contributed by atoms with E-state index in [9.17, 15) is 9.18 Å². The SMILES string of the molecule is [2H]C=C(F)C(=O)OC. The van der Waals surface area contributed by atoms with Crippen molar-refractivity contribution < 1.29 is 15.3 Å². The summed E-state index contributed by atoms with van der Waals surface area (Å²) < 4.78 is 21.8. The first-order valence-electron chi connectivity index (χ1n) is 2.12. The van der Waals surface area contributed by atoms with Crippen LogP contribution >= 0.6 is 0 Å². The Morgan fingerprint density at radius 2 is 2.71 bits per heavy atom. The van der Waals surface area contributed by atoms with Crippen LogP contribution in [-0.4, -0.2) is 13.1 Å². The molecular weight excluding hydrogens is 99.0 g/mol. The van der Waals surface area contributed by atoms with Crippen LogP contribution in [0.4, 0.5) is 4.39 Å². The molecule has 0 bridgehead atoms. The Labute approximate surface area is 42.0 Å². The number of rotatable bonds is 1. The molecular formula is C4H5FO2. The van der Waals surface area contributed by atoms with Gasteiger partial charge in [0.2, 0.25) is 5.83 Å². The van der Waals surface area contributed by atoms with Gasteiger partial charge in [-0.1, -0.05) is 6.55 Å². The van der Waals surface area contributed by atoms with Crippen molar-refractivity contribution in [3.05, 3.63) is 12.4 Å². The summed E-state index contributed by atoms with van der Waals surface area (Å²) in [5.41, 5.74) is 0. The molecule has 0 aliphatic rings. The molecule has 0 spiro atoms. The van der Waals surface area contributed by atoms with Gasteiger partial charge in [0.1, 0.15) is 0 Å². The van der Waals surface area contributed by atoms with E-state index in [1.807, 2.05) is 0 Å². The highest BCUT2D eigenvalue weighted by atomic mass is 19.1. The second-order valence-electron chi connectivity index (χ2n) is 0.840. The van der Waals surface area contributed by atoms with E-state index in [0.717, 1.165) is 7.11 Å². The molecule has 0 atom stereocenters. The van der Waals surface area contributed by atoms with Gasteiger partial charge in [-0.15, -0.1) is 0 Å². The van der Waals surface area contributed by atoms with E-state index >= 15 is 0 Å². The summed E-state index contributed by atoms with van der Waals surface area (Å²) in [4.78, 5) is 9.96. The van der Waals surface area contributed by atoms with E-state index in [1.165, 1.54) is 0 Å². The molecule has 0 rings (SSSR count). The maximum Gasteiger partial charge on any atom is 0.366 e. The van der Waals surface area contributed by atoms with Gasteiger partial charge in [-0.25, -0.2) is 4.79 Å². The van der Waals surface area contributed by atoms with Gasteiger partial charge < -0.3 is 4.74 Å². The van der Waals surface area contributed by atoms with E-state index in [2.05, 4.69) is 4.74 Å². The Balaban J connectivity index is 3.83. The molecule has 0 amide bonds. The van der Waals surface area contributed by atoms with Crippen LogP contribution in [0.15, 0.2) is 12.4 Å². The molecule has 0 fully saturated rings. The lowest BCUT2D eigenvalue weighted by Crippen LogP contribution is -1.97. The zero-order valence-electron chi connectivity index (χ0n) is 4.77. The zero-order valence-corrected chi connectivity index (χ0v) is 3.77. The molecule has 0 saturated carbocycles. The largest absolute Gasteiger partial charge is 0.464 e. The van der Waals surface area contributed by atoms with Crippen LogP contribution in [0.2, 0.25) is 0 Å². The van der Waals surface area contributed by atoms with Crippen molar-refractivity contribution in [1.29, 1.82) is 0 Å². The van der Waals surface area contributed by atoms with E-state index in [1.54, 1.807) is 0 Å². The van der Waals surface area contributed by atoms with Crippen LogP contribution in [0, 0.1) is 0 Å². The van der Waals surface area contributed by atoms with Gasteiger partial charge in [-0.2, -0.15) is 4.39 Å². The smallest absolute Gasteiger partial charge is 0.366 e. The van der Waals surface area contributed by atoms with Crippen LogP contribution in [0.25, 0.3) is 0 Å². The van der Waals surface area contributed by atoms with Crippen molar-refractivity contribution in [2.24, 2.45) is 0 Å². The number of carbonyl (C=O) groups is 1. The van der Waals surface area contributed by atoms with Gasteiger partial charge in [0.15, 0.2) is 0 Å². The third kappa shape index (κ3) is 1.92. The first kappa shape index (κ1) is 4.30. The van der Waals surface area contributed by atoms with Crippen molar-refractivity contribution in [1.82, 2.24) is 0 Å². The molecule has 40 valence electrons. The molecule has 0 aromatic heterocycles. The molecule has 0 aliphatic heterocycles. The summed E-state index contributed by atoms with van der Waals surface area (Å²) in [5, 5.41) is 0. The first-order chi connectivity index (χ1) is 3.72. The van der Waals surface area contributed by atoms with Crippen molar-refractivity contribution in [3.63, 3.8) is 0 Å². The number of hydrogen-bond acceptors (Lipinski definition) is 2. The Bertz CT molecular complexity index is 121. The molecule has 0 aromatic carbocycles. The van der Waals surface area contributed by atoms with Crippen molar-refractivity contribution in [2.75, 3.05) is 7.11 Å². The Morgan fingerprint density at radius 1 is 2.14 bits per heavy atom. The average molecular weight is 105 g/mol. The van der Waals surface area contributed by atoms with Crippen molar-refractivity contribution in [2.45, 2.75) is 0 Å². The highest BCUT2D eigenvalue weighted by Gasteiger charge is 2.01. The number of ether oxygens (including phenoxy) is 1. The Morgan fingerprint density at radius 3 is 2.86 bits per heavy atom. The van der Waals surface area contributed by atoms with Gasteiger partial charge in [-0.3, -0.25) is 0 Å². The maximum atomic E-state index is 11.7. The standard InChI is InChI=1S/C4H5FO2/c1-3(5)4(6)7-2/h1H2,2H3/i1D. The maximum absolute atomic E-state index is 11.7. The normalized spacial score (nSPS) is 12.9. The second-order valence-corrected chi connectivity index (χ2v) is 0.840. The first-order valence-corrected chi connectivity index (χ1v) is 1.54. The lowest BCUT2D eigenvalue weighted by atomic mass is 10.6. The van der Waals surface area contributed by atoms with E-state index in [0.29, 0.717) is 6.55 Å². The van der Waals surface area contributed by atoms with Gasteiger partial charge in [0.25, 0.3) is 0 Å². The minimum absolute atomic E-state index is 0.297. The van der Waals surface area contributed by atoms with Crippen LogP contribution in [0.5, 0.6) is 0 Å². The van der Waals surface area contributed by atoms with E-state index in [-0.39, 0.29) is 0 Å². The van der Waals surface area contributed by atoms with Crippen LogP contribution < -0.4 is 0 Å². The molecule has 0 unspecified atom stereocenters. The number of carbonyl (C=O) groups excluding carboxylic acids is 1. The zero-order chi connectivity index (χ0) is 6.57. The summed E-state index contributed by atoms with van der Waals surface area (Å²) in [6.07, 6.45) is 0. The number of hydrogen-bond donors (Lipinski definition) is 0. The summed E-state index contributed by atoms with van der Waals surface area (Å²) in [5.74, 6) is -2.30. The predicted molar refractivity (Wildman–Crippen MR) is 22.3 cm³/mol. The lowest BCUT2D eigenvalue weighted by Gasteiger charge is -1.88. The Kier molecular flexibility index (Phi) is 1.44. The van der Waals surface area contributed by atoms with Crippen molar-refractivity contribution in [3.8, 4) is 0 Å². The minimum Gasteiger partial charge on any atom is -0.464 e. The number of esters is 1. The quantitative estimate of drug-likeness (QED) is 0.361. The summed E-state index contributed by atoms with van der Waals surface area (Å²) >= 11 is 0. The fourth-order valence-corrected chi connectivity index (χ4v) is 0.0975. The fraction of sp³-hybridized carbons (Fsp3) is 0.250. The number of methoxy groups -OCH3 is 1.